The standard InChI is InChI=1S/C17H20ClNO/c1-12(2)19-11-14-4-7-15(18)10-17(14)13-5-8-16(20-3)9-6-13/h4-10,12,19H,11H2,1-3H3. The van der Waals surface area contributed by atoms with Gasteiger partial charge in [0.25, 0.3) is 0 Å². The van der Waals surface area contributed by atoms with Crippen molar-refractivity contribution in [3.05, 3.63) is 53.1 Å². The Labute approximate surface area is 125 Å². The van der Waals surface area contributed by atoms with Gasteiger partial charge in [0.15, 0.2) is 0 Å². The highest BCUT2D eigenvalue weighted by atomic mass is 35.5. The predicted octanol–water partition coefficient (Wildman–Crippen LogP) is 4.51. The van der Waals surface area contributed by atoms with Crippen molar-refractivity contribution in [1.29, 1.82) is 0 Å². The monoisotopic (exact) mass is 289 g/mol. The molecule has 2 rings (SSSR count). The largest absolute Gasteiger partial charge is 0.497 e. The van der Waals surface area contributed by atoms with Crippen molar-refractivity contribution in [2.45, 2.75) is 26.4 Å². The Morgan fingerprint density at radius 1 is 1.10 bits per heavy atom. The number of halogens is 1. The molecule has 20 heavy (non-hydrogen) atoms. The Balaban J connectivity index is 2.34. The zero-order chi connectivity index (χ0) is 14.5. The molecule has 0 aromatic heterocycles. The molecule has 2 aromatic rings. The van der Waals surface area contributed by atoms with E-state index in [1.807, 2.05) is 24.3 Å². The molecule has 3 heteroatoms. The van der Waals surface area contributed by atoms with Crippen LogP contribution in [0.25, 0.3) is 11.1 Å². The number of methoxy groups -OCH3 is 1. The van der Waals surface area contributed by atoms with Crippen molar-refractivity contribution in [2.75, 3.05) is 7.11 Å². The minimum atomic E-state index is 0.453. The lowest BCUT2D eigenvalue weighted by atomic mass is 9.99. The third kappa shape index (κ3) is 3.75. The molecule has 0 bridgehead atoms. The quantitative estimate of drug-likeness (QED) is 0.874. The molecule has 0 amide bonds. The molecule has 0 fully saturated rings. The van der Waals surface area contributed by atoms with Crippen LogP contribution >= 0.6 is 11.6 Å². The second-order valence-electron chi connectivity index (χ2n) is 5.07. The van der Waals surface area contributed by atoms with E-state index >= 15 is 0 Å². The SMILES string of the molecule is COc1ccc(-c2cc(Cl)ccc2CNC(C)C)cc1. The van der Waals surface area contributed by atoms with Crippen LogP contribution in [0.3, 0.4) is 0 Å². The first-order valence-electron chi connectivity index (χ1n) is 6.76. The highest BCUT2D eigenvalue weighted by Gasteiger charge is 2.07. The molecular weight excluding hydrogens is 270 g/mol. The van der Waals surface area contributed by atoms with E-state index < -0.39 is 0 Å². The Morgan fingerprint density at radius 2 is 1.80 bits per heavy atom. The number of benzene rings is 2. The summed E-state index contributed by atoms with van der Waals surface area (Å²) >= 11 is 6.14. The van der Waals surface area contributed by atoms with Gasteiger partial charge in [-0.3, -0.25) is 0 Å². The fourth-order valence-corrected chi connectivity index (χ4v) is 2.23. The summed E-state index contributed by atoms with van der Waals surface area (Å²) < 4.78 is 5.20. The molecule has 0 aliphatic carbocycles. The topological polar surface area (TPSA) is 21.3 Å². The fraction of sp³-hybridized carbons (Fsp3) is 0.294. The molecule has 0 unspecified atom stereocenters. The molecule has 0 radical (unpaired) electrons. The molecular formula is C17H20ClNO. The van der Waals surface area contributed by atoms with Crippen molar-refractivity contribution in [1.82, 2.24) is 5.32 Å². The van der Waals surface area contributed by atoms with Crippen LogP contribution in [-0.4, -0.2) is 13.2 Å². The van der Waals surface area contributed by atoms with Gasteiger partial charge in [0, 0.05) is 17.6 Å². The van der Waals surface area contributed by atoms with E-state index in [-0.39, 0.29) is 0 Å². The first-order chi connectivity index (χ1) is 9.60. The average molecular weight is 290 g/mol. The fourth-order valence-electron chi connectivity index (χ4n) is 2.06. The molecule has 0 saturated heterocycles. The Bertz CT molecular complexity index is 564. The van der Waals surface area contributed by atoms with E-state index in [2.05, 4.69) is 37.4 Å². The lowest BCUT2D eigenvalue weighted by Crippen LogP contribution is -2.22. The normalized spacial score (nSPS) is 10.8. The number of rotatable bonds is 5. The van der Waals surface area contributed by atoms with Gasteiger partial charge in [-0.25, -0.2) is 0 Å². The van der Waals surface area contributed by atoms with E-state index in [9.17, 15) is 0 Å². The van der Waals surface area contributed by atoms with Crippen LogP contribution in [0, 0.1) is 0 Å². The van der Waals surface area contributed by atoms with E-state index in [0.717, 1.165) is 28.4 Å². The summed E-state index contributed by atoms with van der Waals surface area (Å²) in [5.41, 5.74) is 3.55. The van der Waals surface area contributed by atoms with Gasteiger partial charge < -0.3 is 10.1 Å². The van der Waals surface area contributed by atoms with Crippen LogP contribution in [-0.2, 0) is 6.54 Å². The molecule has 106 valence electrons. The van der Waals surface area contributed by atoms with Crippen LogP contribution in [0.4, 0.5) is 0 Å². The van der Waals surface area contributed by atoms with E-state index in [4.69, 9.17) is 16.3 Å². The third-order valence-electron chi connectivity index (χ3n) is 3.17. The molecule has 0 aliphatic heterocycles. The molecule has 2 nitrogen and oxygen atoms in total. The van der Waals surface area contributed by atoms with Crippen LogP contribution in [0.5, 0.6) is 5.75 Å². The molecule has 2 aromatic carbocycles. The van der Waals surface area contributed by atoms with E-state index in [1.54, 1.807) is 7.11 Å². The Hall–Kier alpha value is -1.51. The predicted molar refractivity (Wildman–Crippen MR) is 85.4 cm³/mol. The van der Waals surface area contributed by atoms with Crippen LogP contribution < -0.4 is 10.1 Å². The van der Waals surface area contributed by atoms with Crippen molar-refractivity contribution in [3.63, 3.8) is 0 Å². The van der Waals surface area contributed by atoms with Gasteiger partial charge in [0.05, 0.1) is 7.11 Å². The molecule has 0 spiro atoms. The minimum absolute atomic E-state index is 0.453. The van der Waals surface area contributed by atoms with Crippen molar-refractivity contribution >= 4 is 11.6 Å². The third-order valence-corrected chi connectivity index (χ3v) is 3.41. The first-order valence-corrected chi connectivity index (χ1v) is 7.14. The van der Waals surface area contributed by atoms with Gasteiger partial charge in [-0.15, -0.1) is 0 Å². The summed E-state index contributed by atoms with van der Waals surface area (Å²) in [6.07, 6.45) is 0. The molecule has 0 saturated carbocycles. The van der Waals surface area contributed by atoms with Gasteiger partial charge in [-0.1, -0.05) is 43.6 Å². The maximum Gasteiger partial charge on any atom is 0.118 e. The number of ether oxygens (including phenoxy) is 1. The smallest absolute Gasteiger partial charge is 0.118 e. The zero-order valence-corrected chi connectivity index (χ0v) is 12.9. The summed E-state index contributed by atoms with van der Waals surface area (Å²) in [4.78, 5) is 0. The maximum absolute atomic E-state index is 6.14. The summed E-state index contributed by atoms with van der Waals surface area (Å²) in [5, 5.41) is 4.20. The zero-order valence-electron chi connectivity index (χ0n) is 12.1. The highest BCUT2D eigenvalue weighted by Crippen LogP contribution is 2.28. The summed E-state index contributed by atoms with van der Waals surface area (Å²) in [5.74, 6) is 0.859. The van der Waals surface area contributed by atoms with Gasteiger partial charge >= 0.3 is 0 Å². The van der Waals surface area contributed by atoms with Gasteiger partial charge in [-0.05, 0) is 41.0 Å². The highest BCUT2D eigenvalue weighted by molar-refractivity contribution is 6.30. The Kier molecular flexibility index (Phi) is 5.05. The molecule has 0 heterocycles. The summed E-state index contributed by atoms with van der Waals surface area (Å²) in [7, 11) is 1.67. The summed E-state index contributed by atoms with van der Waals surface area (Å²) in [6, 6.07) is 14.5. The second kappa shape index (κ2) is 6.78. The van der Waals surface area contributed by atoms with Crippen LogP contribution in [0.15, 0.2) is 42.5 Å². The van der Waals surface area contributed by atoms with E-state index in [1.165, 1.54) is 5.56 Å². The van der Waals surface area contributed by atoms with Crippen molar-refractivity contribution in [3.8, 4) is 16.9 Å². The first kappa shape index (κ1) is 14.9. The Morgan fingerprint density at radius 3 is 2.40 bits per heavy atom. The molecule has 0 aliphatic rings. The average Bonchev–Trinajstić information content (AvgIpc) is 2.46. The second-order valence-corrected chi connectivity index (χ2v) is 5.50. The van der Waals surface area contributed by atoms with Gasteiger partial charge in [-0.2, -0.15) is 0 Å². The summed E-state index contributed by atoms with van der Waals surface area (Å²) in [6.45, 7) is 5.11. The van der Waals surface area contributed by atoms with Crippen LogP contribution in [0.1, 0.15) is 19.4 Å². The van der Waals surface area contributed by atoms with Gasteiger partial charge in [0.2, 0.25) is 0 Å². The molecule has 0 atom stereocenters. The van der Waals surface area contributed by atoms with Crippen molar-refractivity contribution in [2.24, 2.45) is 0 Å². The van der Waals surface area contributed by atoms with E-state index in [0.29, 0.717) is 6.04 Å². The number of hydrogen-bond acceptors (Lipinski definition) is 2. The van der Waals surface area contributed by atoms with Crippen LogP contribution in [0.2, 0.25) is 5.02 Å². The lowest BCUT2D eigenvalue weighted by molar-refractivity contribution is 0.415. The van der Waals surface area contributed by atoms with Crippen molar-refractivity contribution < 1.29 is 4.74 Å². The number of hydrogen-bond donors (Lipinski definition) is 1. The lowest BCUT2D eigenvalue weighted by Gasteiger charge is -2.14. The van der Waals surface area contributed by atoms with Gasteiger partial charge in [0.1, 0.15) is 5.75 Å². The maximum atomic E-state index is 6.14. The minimum Gasteiger partial charge on any atom is -0.497 e. The number of nitrogens with one attached hydrogen (secondary N) is 1. The molecule has 1 N–H and O–H groups in total.